The number of nitrogens with two attached hydrogens (primary N) is 1. The molecule has 0 spiro atoms. The molecule has 0 bridgehead atoms. The van der Waals surface area contributed by atoms with E-state index in [1.165, 1.54) is 0 Å². The first-order valence-corrected chi connectivity index (χ1v) is 7.87. The Bertz CT molecular complexity index is 635. The zero-order chi connectivity index (χ0) is 16.2. The van der Waals surface area contributed by atoms with Gasteiger partial charge in [-0.2, -0.15) is 0 Å². The van der Waals surface area contributed by atoms with E-state index in [1.807, 2.05) is 30.5 Å². The summed E-state index contributed by atoms with van der Waals surface area (Å²) in [5.41, 5.74) is 8.21. The van der Waals surface area contributed by atoms with Crippen LogP contribution in [-0.2, 0) is 5.41 Å². The molecule has 22 heavy (non-hydrogen) atoms. The van der Waals surface area contributed by atoms with Gasteiger partial charge in [-0.3, -0.25) is 0 Å². The standard InChI is InChI=1S/C17H23ClN4/c1-17(2,3)16-21-11-14(20-9-5-8-19)15(22-16)12-6-4-7-13(18)10-12/h4,6-7,10-11,20H,5,8-9,19H2,1-3H3. The van der Waals surface area contributed by atoms with E-state index in [0.717, 1.165) is 35.7 Å². The molecule has 0 radical (unpaired) electrons. The van der Waals surface area contributed by atoms with Crippen LogP contribution in [0.15, 0.2) is 30.5 Å². The van der Waals surface area contributed by atoms with Gasteiger partial charge in [0.15, 0.2) is 0 Å². The smallest absolute Gasteiger partial charge is 0.134 e. The Morgan fingerprint density at radius 1 is 1.27 bits per heavy atom. The first-order chi connectivity index (χ1) is 10.4. The first kappa shape index (κ1) is 16.7. The van der Waals surface area contributed by atoms with Crippen LogP contribution in [0.4, 0.5) is 5.69 Å². The third-order valence-corrected chi connectivity index (χ3v) is 3.49. The molecule has 0 saturated heterocycles. The van der Waals surface area contributed by atoms with E-state index >= 15 is 0 Å². The Hall–Kier alpha value is -1.65. The lowest BCUT2D eigenvalue weighted by molar-refractivity contribution is 0.546. The van der Waals surface area contributed by atoms with Crippen LogP contribution < -0.4 is 11.1 Å². The Labute approximate surface area is 137 Å². The molecule has 0 aliphatic carbocycles. The Morgan fingerprint density at radius 3 is 2.68 bits per heavy atom. The van der Waals surface area contributed by atoms with Gasteiger partial charge in [-0.1, -0.05) is 44.5 Å². The van der Waals surface area contributed by atoms with Crippen LogP contribution in [-0.4, -0.2) is 23.1 Å². The summed E-state index contributed by atoms with van der Waals surface area (Å²) in [6.45, 7) is 7.76. The van der Waals surface area contributed by atoms with Crippen LogP contribution in [0.3, 0.4) is 0 Å². The van der Waals surface area contributed by atoms with E-state index in [0.29, 0.717) is 11.6 Å². The zero-order valence-electron chi connectivity index (χ0n) is 13.4. The molecule has 0 unspecified atom stereocenters. The van der Waals surface area contributed by atoms with Crippen LogP contribution in [0.1, 0.15) is 33.0 Å². The van der Waals surface area contributed by atoms with Gasteiger partial charge in [0.1, 0.15) is 5.82 Å². The minimum absolute atomic E-state index is 0.108. The zero-order valence-corrected chi connectivity index (χ0v) is 14.1. The van der Waals surface area contributed by atoms with Gasteiger partial charge in [0.05, 0.1) is 17.6 Å². The van der Waals surface area contributed by atoms with Crippen molar-refractivity contribution in [2.24, 2.45) is 5.73 Å². The summed E-state index contributed by atoms with van der Waals surface area (Å²) >= 11 is 6.12. The second kappa shape index (κ2) is 7.07. The second-order valence-electron chi connectivity index (χ2n) is 6.29. The average molecular weight is 319 g/mol. The second-order valence-corrected chi connectivity index (χ2v) is 6.72. The van der Waals surface area contributed by atoms with Crippen LogP contribution >= 0.6 is 11.6 Å². The van der Waals surface area contributed by atoms with Crippen LogP contribution in [0.25, 0.3) is 11.3 Å². The molecule has 1 heterocycles. The van der Waals surface area contributed by atoms with Crippen LogP contribution in [0, 0.1) is 0 Å². The summed E-state index contributed by atoms with van der Waals surface area (Å²) in [4.78, 5) is 9.27. The lowest BCUT2D eigenvalue weighted by Crippen LogP contribution is -2.17. The fraction of sp³-hybridized carbons (Fsp3) is 0.412. The van der Waals surface area contributed by atoms with Crippen molar-refractivity contribution in [1.82, 2.24) is 9.97 Å². The number of halogens is 1. The largest absolute Gasteiger partial charge is 0.382 e. The predicted molar refractivity (Wildman–Crippen MR) is 93.3 cm³/mol. The summed E-state index contributed by atoms with van der Waals surface area (Å²) in [6.07, 6.45) is 2.75. The van der Waals surface area contributed by atoms with Crippen molar-refractivity contribution in [2.45, 2.75) is 32.6 Å². The van der Waals surface area contributed by atoms with E-state index in [4.69, 9.17) is 22.3 Å². The summed E-state index contributed by atoms with van der Waals surface area (Å²) in [7, 11) is 0. The fourth-order valence-corrected chi connectivity index (χ4v) is 2.24. The molecule has 1 aromatic carbocycles. The number of nitrogens with zero attached hydrogens (tertiary/aromatic N) is 2. The third-order valence-electron chi connectivity index (χ3n) is 3.25. The Kier molecular flexibility index (Phi) is 5.37. The number of hydrogen-bond acceptors (Lipinski definition) is 4. The van der Waals surface area contributed by atoms with Crippen molar-refractivity contribution in [2.75, 3.05) is 18.4 Å². The van der Waals surface area contributed by atoms with Crippen molar-refractivity contribution in [3.05, 3.63) is 41.3 Å². The van der Waals surface area contributed by atoms with Gasteiger partial charge in [-0.05, 0) is 25.1 Å². The van der Waals surface area contributed by atoms with Gasteiger partial charge in [-0.25, -0.2) is 9.97 Å². The maximum Gasteiger partial charge on any atom is 0.134 e. The maximum atomic E-state index is 6.12. The van der Waals surface area contributed by atoms with Crippen molar-refractivity contribution in [3.8, 4) is 11.3 Å². The normalized spacial score (nSPS) is 11.5. The molecular formula is C17H23ClN4. The molecule has 0 amide bonds. The van der Waals surface area contributed by atoms with Gasteiger partial charge in [-0.15, -0.1) is 0 Å². The SMILES string of the molecule is CC(C)(C)c1ncc(NCCCN)c(-c2cccc(Cl)c2)n1. The van der Waals surface area contributed by atoms with Gasteiger partial charge in [0, 0.05) is 22.5 Å². The molecule has 1 aromatic heterocycles. The van der Waals surface area contributed by atoms with Crippen molar-refractivity contribution in [1.29, 1.82) is 0 Å². The molecule has 3 N–H and O–H groups in total. The predicted octanol–water partition coefficient (Wildman–Crippen LogP) is 3.86. The highest BCUT2D eigenvalue weighted by Crippen LogP contribution is 2.30. The summed E-state index contributed by atoms with van der Waals surface area (Å²) < 4.78 is 0. The number of anilines is 1. The molecule has 0 fully saturated rings. The van der Waals surface area contributed by atoms with Crippen LogP contribution in [0.2, 0.25) is 5.02 Å². The van der Waals surface area contributed by atoms with Gasteiger partial charge < -0.3 is 11.1 Å². The minimum Gasteiger partial charge on any atom is -0.382 e. The number of aromatic nitrogens is 2. The molecule has 2 aromatic rings. The molecular weight excluding hydrogens is 296 g/mol. The molecule has 0 aliphatic rings. The summed E-state index contributed by atoms with van der Waals surface area (Å²) in [5, 5.41) is 4.06. The Balaban J connectivity index is 2.45. The van der Waals surface area contributed by atoms with E-state index in [2.05, 4.69) is 31.1 Å². The minimum atomic E-state index is -0.108. The molecule has 0 saturated carbocycles. The summed E-state index contributed by atoms with van der Waals surface area (Å²) in [5.74, 6) is 0.812. The van der Waals surface area contributed by atoms with E-state index in [9.17, 15) is 0 Å². The monoisotopic (exact) mass is 318 g/mol. The quantitative estimate of drug-likeness (QED) is 0.822. The number of rotatable bonds is 5. The van der Waals surface area contributed by atoms with E-state index < -0.39 is 0 Å². The average Bonchev–Trinajstić information content (AvgIpc) is 2.46. The molecule has 2 rings (SSSR count). The number of hydrogen-bond donors (Lipinski definition) is 2. The van der Waals surface area contributed by atoms with Crippen molar-refractivity contribution in [3.63, 3.8) is 0 Å². The molecule has 4 nitrogen and oxygen atoms in total. The molecule has 118 valence electrons. The topological polar surface area (TPSA) is 63.8 Å². The van der Waals surface area contributed by atoms with E-state index in [1.54, 1.807) is 0 Å². The van der Waals surface area contributed by atoms with Crippen LogP contribution in [0.5, 0.6) is 0 Å². The first-order valence-electron chi connectivity index (χ1n) is 7.49. The molecule has 0 aliphatic heterocycles. The van der Waals surface area contributed by atoms with Gasteiger partial charge in [0.2, 0.25) is 0 Å². The lowest BCUT2D eigenvalue weighted by Gasteiger charge is -2.19. The highest BCUT2D eigenvalue weighted by atomic mass is 35.5. The summed E-state index contributed by atoms with van der Waals surface area (Å²) in [6, 6.07) is 7.72. The molecule has 5 heteroatoms. The maximum absolute atomic E-state index is 6.12. The lowest BCUT2D eigenvalue weighted by atomic mass is 9.95. The van der Waals surface area contributed by atoms with Crippen molar-refractivity contribution < 1.29 is 0 Å². The highest BCUT2D eigenvalue weighted by molar-refractivity contribution is 6.30. The van der Waals surface area contributed by atoms with Gasteiger partial charge >= 0.3 is 0 Å². The van der Waals surface area contributed by atoms with E-state index in [-0.39, 0.29) is 5.41 Å². The number of benzene rings is 1. The molecule has 0 atom stereocenters. The fourth-order valence-electron chi connectivity index (χ4n) is 2.05. The Morgan fingerprint density at radius 2 is 2.05 bits per heavy atom. The van der Waals surface area contributed by atoms with Crippen molar-refractivity contribution >= 4 is 17.3 Å². The number of nitrogens with one attached hydrogen (secondary N) is 1. The highest BCUT2D eigenvalue weighted by Gasteiger charge is 2.19. The van der Waals surface area contributed by atoms with Gasteiger partial charge in [0.25, 0.3) is 0 Å². The third kappa shape index (κ3) is 4.18.